The highest BCUT2D eigenvalue weighted by atomic mass is 16.5. The second-order valence-corrected chi connectivity index (χ2v) is 8.80. The van der Waals surface area contributed by atoms with Crippen LogP contribution in [0.15, 0.2) is 51.4 Å². The molecule has 0 unspecified atom stereocenters. The molecule has 4 aromatic rings. The van der Waals surface area contributed by atoms with Crippen molar-refractivity contribution < 1.29 is 14.3 Å². The SMILES string of the molecule is CC(C)=CCc1c2c(c3occ(-c4ccc5n[nH]nc5c4)c(=O)c3c1O)C=CC(C)(C)O2. The lowest BCUT2D eigenvalue weighted by atomic mass is 9.93. The molecular weight excluding hydrogens is 406 g/mol. The third-order valence-corrected chi connectivity index (χ3v) is 5.64. The largest absolute Gasteiger partial charge is 0.507 e. The molecule has 7 nitrogen and oxygen atoms in total. The molecule has 2 aromatic heterocycles. The van der Waals surface area contributed by atoms with Crippen LogP contribution in [0.4, 0.5) is 0 Å². The highest BCUT2D eigenvalue weighted by Crippen LogP contribution is 2.44. The van der Waals surface area contributed by atoms with Gasteiger partial charge in [-0.15, -0.1) is 0 Å². The number of hydrogen-bond acceptors (Lipinski definition) is 6. The lowest BCUT2D eigenvalue weighted by molar-refractivity contribution is 0.157. The summed E-state index contributed by atoms with van der Waals surface area (Å²) in [5, 5.41) is 22.1. The van der Waals surface area contributed by atoms with Gasteiger partial charge in [0, 0.05) is 5.56 Å². The number of rotatable bonds is 3. The molecule has 2 aromatic carbocycles. The summed E-state index contributed by atoms with van der Waals surface area (Å²) in [6, 6.07) is 5.33. The summed E-state index contributed by atoms with van der Waals surface area (Å²) in [6.45, 7) is 7.86. The second kappa shape index (κ2) is 7.09. The van der Waals surface area contributed by atoms with Gasteiger partial charge in [0.15, 0.2) is 5.58 Å². The van der Waals surface area contributed by atoms with Crippen LogP contribution in [-0.2, 0) is 6.42 Å². The summed E-state index contributed by atoms with van der Waals surface area (Å²) in [5.41, 5.74) is 4.10. The van der Waals surface area contributed by atoms with E-state index in [0.717, 1.165) is 5.57 Å². The van der Waals surface area contributed by atoms with Gasteiger partial charge < -0.3 is 14.3 Å². The number of phenolic OH excluding ortho intramolecular Hbond substituents is 1. The second-order valence-electron chi connectivity index (χ2n) is 8.80. The van der Waals surface area contributed by atoms with Gasteiger partial charge >= 0.3 is 0 Å². The molecule has 0 spiro atoms. The van der Waals surface area contributed by atoms with Gasteiger partial charge in [-0.2, -0.15) is 15.4 Å². The first-order valence-electron chi connectivity index (χ1n) is 10.4. The van der Waals surface area contributed by atoms with E-state index in [4.69, 9.17) is 9.15 Å². The number of H-pyrrole nitrogens is 1. The van der Waals surface area contributed by atoms with Crippen LogP contribution in [0.25, 0.3) is 39.2 Å². The van der Waals surface area contributed by atoms with Gasteiger partial charge in [0.1, 0.15) is 39.8 Å². The van der Waals surface area contributed by atoms with Crippen LogP contribution in [0.1, 0.15) is 38.8 Å². The summed E-state index contributed by atoms with van der Waals surface area (Å²) in [7, 11) is 0. The number of phenols is 1. The van der Waals surface area contributed by atoms with Crippen molar-refractivity contribution in [3.63, 3.8) is 0 Å². The molecule has 1 aliphatic rings. The molecule has 1 aliphatic heterocycles. The van der Waals surface area contributed by atoms with Crippen LogP contribution in [0.2, 0.25) is 0 Å². The molecule has 5 rings (SSSR count). The topological polar surface area (TPSA) is 101 Å². The maximum atomic E-state index is 13.6. The van der Waals surface area contributed by atoms with E-state index in [0.29, 0.717) is 51.0 Å². The van der Waals surface area contributed by atoms with Crippen LogP contribution < -0.4 is 10.2 Å². The number of ether oxygens (including phenoxy) is 1. The lowest BCUT2D eigenvalue weighted by Gasteiger charge is -2.30. The first-order chi connectivity index (χ1) is 15.2. The lowest BCUT2D eigenvalue weighted by Crippen LogP contribution is -2.28. The number of benzene rings is 2. The van der Waals surface area contributed by atoms with Crippen molar-refractivity contribution in [1.29, 1.82) is 0 Å². The molecule has 2 N–H and O–H groups in total. The summed E-state index contributed by atoms with van der Waals surface area (Å²) >= 11 is 0. The summed E-state index contributed by atoms with van der Waals surface area (Å²) in [5.74, 6) is 0.431. The number of aromatic nitrogens is 3. The van der Waals surface area contributed by atoms with Gasteiger partial charge in [-0.25, -0.2) is 0 Å². The molecule has 32 heavy (non-hydrogen) atoms. The Labute approximate surface area is 184 Å². The molecule has 7 heteroatoms. The minimum atomic E-state index is -0.542. The average Bonchev–Trinajstić information content (AvgIpc) is 3.20. The summed E-state index contributed by atoms with van der Waals surface area (Å²) in [6.07, 6.45) is 7.68. The van der Waals surface area contributed by atoms with Crippen molar-refractivity contribution in [3.05, 3.63) is 63.5 Å². The summed E-state index contributed by atoms with van der Waals surface area (Å²) in [4.78, 5) is 13.6. The highest BCUT2D eigenvalue weighted by Gasteiger charge is 2.30. The highest BCUT2D eigenvalue weighted by molar-refractivity contribution is 5.97. The molecule has 162 valence electrons. The van der Waals surface area contributed by atoms with Gasteiger partial charge in [0.2, 0.25) is 5.43 Å². The Kier molecular flexibility index (Phi) is 4.44. The number of fused-ring (bicyclic) bond motifs is 4. The van der Waals surface area contributed by atoms with Gasteiger partial charge in [0.25, 0.3) is 0 Å². The fourth-order valence-corrected chi connectivity index (χ4v) is 3.96. The van der Waals surface area contributed by atoms with Crippen molar-refractivity contribution in [3.8, 4) is 22.6 Å². The first kappa shape index (κ1) is 20.1. The van der Waals surface area contributed by atoms with Crippen LogP contribution in [-0.4, -0.2) is 26.1 Å². The van der Waals surface area contributed by atoms with Crippen molar-refractivity contribution in [2.75, 3.05) is 0 Å². The zero-order valence-electron chi connectivity index (χ0n) is 18.3. The van der Waals surface area contributed by atoms with E-state index in [-0.39, 0.29) is 16.6 Å². The van der Waals surface area contributed by atoms with Gasteiger partial charge in [-0.05, 0) is 64.0 Å². The fourth-order valence-electron chi connectivity index (χ4n) is 3.96. The maximum absolute atomic E-state index is 13.6. The van der Waals surface area contributed by atoms with E-state index in [9.17, 15) is 9.90 Å². The standard InChI is InChI=1S/C25H23N3O4/c1-13(2)5-7-15-21(29)20-22(30)17(14-6-8-18-19(11-14)27-28-26-18)12-31-24(20)16-9-10-25(3,4)32-23(15)16/h5-6,8-12,29H,7H2,1-4H3,(H,26,27,28). The van der Waals surface area contributed by atoms with Crippen LogP contribution >= 0.6 is 0 Å². The van der Waals surface area contributed by atoms with E-state index < -0.39 is 5.60 Å². The van der Waals surface area contributed by atoms with Gasteiger partial charge in [0.05, 0.1) is 11.1 Å². The molecule has 0 amide bonds. The molecule has 0 aliphatic carbocycles. The van der Waals surface area contributed by atoms with Crippen molar-refractivity contribution in [2.24, 2.45) is 0 Å². The van der Waals surface area contributed by atoms with E-state index in [2.05, 4.69) is 15.4 Å². The third kappa shape index (κ3) is 3.17. The van der Waals surface area contributed by atoms with E-state index in [1.165, 1.54) is 6.26 Å². The van der Waals surface area contributed by atoms with Gasteiger partial charge in [-0.1, -0.05) is 17.7 Å². The number of hydrogen-bond donors (Lipinski definition) is 2. The Bertz CT molecular complexity index is 1500. The molecule has 0 saturated carbocycles. The number of nitrogens with zero attached hydrogens (tertiary/aromatic N) is 2. The van der Waals surface area contributed by atoms with Crippen molar-refractivity contribution in [2.45, 2.75) is 39.7 Å². The Balaban J connectivity index is 1.80. The number of allylic oxidation sites excluding steroid dienone is 2. The minimum absolute atomic E-state index is 0.111. The van der Waals surface area contributed by atoms with Gasteiger partial charge in [-0.3, -0.25) is 4.79 Å². The Morgan fingerprint density at radius 1 is 1.22 bits per heavy atom. The molecular formula is C25H23N3O4. The van der Waals surface area contributed by atoms with E-state index in [1.807, 2.05) is 45.9 Å². The number of aromatic hydroxyl groups is 1. The quantitative estimate of drug-likeness (QED) is 0.438. The monoisotopic (exact) mass is 429 g/mol. The summed E-state index contributed by atoms with van der Waals surface area (Å²) < 4.78 is 12.2. The molecule has 0 bridgehead atoms. The van der Waals surface area contributed by atoms with E-state index in [1.54, 1.807) is 18.2 Å². The Morgan fingerprint density at radius 2 is 2.00 bits per heavy atom. The van der Waals surface area contributed by atoms with Crippen LogP contribution in [0.5, 0.6) is 11.5 Å². The van der Waals surface area contributed by atoms with Crippen molar-refractivity contribution >= 4 is 28.1 Å². The smallest absolute Gasteiger partial charge is 0.204 e. The predicted molar refractivity (Wildman–Crippen MR) is 124 cm³/mol. The first-order valence-corrected chi connectivity index (χ1v) is 10.4. The Morgan fingerprint density at radius 3 is 2.78 bits per heavy atom. The van der Waals surface area contributed by atoms with Crippen LogP contribution in [0.3, 0.4) is 0 Å². The number of nitrogens with one attached hydrogen (secondary N) is 1. The fraction of sp³-hybridized carbons (Fsp3) is 0.240. The molecule has 0 radical (unpaired) electrons. The average molecular weight is 429 g/mol. The molecule has 0 fully saturated rings. The Hall–Kier alpha value is -3.87. The predicted octanol–water partition coefficient (Wildman–Crippen LogP) is 5.13. The van der Waals surface area contributed by atoms with Crippen molar-refractivity contribution in [1.82, 2.24) is 15.4 Å². The third-order valence-electron chi connectivity index (χ3n) is 5.64. The molecule has 0 saturated heterocycles. The molecule has 3 heterocycles. The minimum Gasteiger partial charge on any atom is -0.507 e. The molecule has 0 atom stereocenters. The van der Waals surface area contributed by atoms with Crippen LogP contribution in [0, 0.1) is 0 Å². The number of aromatic amines is 1. The maximum Gasteiger partial charge on any atom is 0.204 e. The van der Waals surface area contributed by atoms with E-state index >= 15 is 0 Å². The zero-order valence-corrected chi connectivity index (χ0v) is 18.3. The normalized spacial score (nSPS) is 14.4. The zero-order chi connectivity index (χ0) is 22.6.